The van der Waals surface area contributed by atoms with Crippen LogP contribution in [-0.4, -0.2) is 55.7 Å². The first-order chi connectivity index (χ1) is 12.6. The minimum atomic E-state index is -0.166. The number of ether oxygens (including phenoxy) is 2. The molecule has 0 saturated carbocycles. The lowest BCUT2D eigenvalue weighted by molar-refractivity contribution is -0.117. The molecule has 2 atom stereocenters. The first kappa shape index (κ1) is 17.0. The molecule has 7 nitrogen and oxygen atoms in total. The van der Waals surface area contributed by atoms with E-state index < -0.39 is 0 Å². The number of hydrogen-bond donors (Lipinski definition) is 1. The van der Waals surface area contributed by atoms with Gasteiger partial charge in [0.05, 0.1) is 6.04 Å². The van der Waals surface area contributed by atoms with Crippen molar-refractivity contribution in [1.82, 2.24) is 10.2 Å². The number of likely N-dealkylation sites (tertiary alicyclic amines) is 1. The summed E-state index contributed by atoms with van der Waals surface area (Å²) in [5.74, 6) is 1.92. The summed E-state index contributed by atoms with van der Waals surface area (Å²) < 4.78 is 11.1. The molecule has 3 aliphatic heterocycles. The van der Waals surface area contributed by atoms with E-state index in [1.54, 1.807) is 4.90 Å². The van der Waals surface area contributed by atoms with Crippen LogP contribution in [0.25, 0.3) is 0 Å². The summed E-state index contributed by atoms with van der Waals surface area (Å²) in [5, 5.41) is 3.03. The van der Waals surface area contributed by atoms with Gasteiger partial charge in [-0.2, -0.15) is 0 Å². The van der Waals surface area contributed by atoms with Gasteiger partial charge in [0.25, 0.3) is 0 Å². The molecule has 0 spiro atoms. The number of benzene rings is 1. The number of rotatable bonds is 2. The minimum absolute atomic E-state index is 0.0130. The van der Waals surface area contributed by atoms with Gasteiger partial charge in [-0.3, -0.25) is 4.79 Å². The Kier molecular flexibility index (Phi) is 4.61. The molecule has 7 heteroatoms. The van der Waals surface area contributed by atoms with Crippen LogP contribution < -0.4 is 19.7 Å². The molecule has 3 heterocycles. The lowest BCUT2D eigenvalue weighted by atomic mass is 10.0. The molecule has 140 valence electrons. The maximum Gasteiger partial charge on any atom is 0.317 e. The summed E-state index contributed by atoms with van der Waals surface area (Å²) in [5.41, 5.74) is 0.780. The van der Waals surface area contributed by atoms with Crippen LogP contribution in [0.2, 0.25) is 0 Å². The first-order valence-corrected chi connectivity index (χ1v) is 9.35. The van der Waals surface area contributed by atoms with E-state index in [0.717, 1.165) is 25.2 Å². The molecular formula is C19H25N3O4. The highest BCUT2D eigenvalue weighted by Gasteiger charge is 2.33. The lowest BCUT2D eigenvalue weighted by Crippen LogP contribution is -2.49. The summed E-state index contributed by atoms with van der Waals surface area (Å²) in [7, 11) is 0. The van der Waals surface area contributed by atoms with Gasteiger partial charge in [0, 0.05) is 37.8 Å². The third kappa shape index (κ3) is 3.43. The monoisotopic (exact) mass is 359 g/mol. The van der Waals surface area contributed by atoms with Crippen molar-refractivity contribution in [3.63, 3.8) is 0 Å². The first-order valence-electron chi connectivity index (χ1n) is 9.35. The van der Waals surface area contributed by atoms with Crippen LogP contribution in [0.15, 0.2) is 18.2 Å². The van der Waals surface area contributed by atoms with E-state index in [0.29, 0.717) is 43.6 Å². The van der Waals surface area contributed by atoms with Crippen molar-refractivity contribution in [3.8, 4) is 11.5 Å². The molecule has 1 aromatic rings. The Morgan fingerprint density at radius 2 is 2.00 bits per heavy atom. The summed E-state index contributed by atoms with van der Waals surface area (Å²) >= 11 is 0. The molecule has 0 aromatic heterocycles. The van der Waals surface area contributed by atoms with Gasteiger partial charge in [0.1, 0.15) is 13.2 Å². The van der Waals surface area contributed by atoms with Crippen LogP contribution in [0.4, 0.5) is 10.5 Å². The van der Waals surface area contributed by atoms with Gasteiger partial charge in [-0.15, -0.1) is 0 Å². The molecule has 0 bridgehead atoms. The fourth-order valence-electron chi connectivity index (χ4n) is 3.89. The third-order valence-electron chi connectivity index (χ3n) is 5.23. The molecule has 0 aliphatic carbocycles. The lowest BCUT2D eigenvalue weighted by Gasteiger charge is -2.31. The average molecular weight is 359 g/mol. The Balaban J connectivity index is 1.40. The number of piperidine rings is 1. The van der Waals surface area contributed by atoms with E-state index in [4.69, 9.17) is 9.47 Å². The van der Waals surface area contributed by atoms with E-state index in [1.165, 1.54) is 6.42 Å². The third-order valence-corrected chi connectivity index (χ3v) is 5.23. The van der Waals surface area contributed by atoms with Gasteiger partial charge < -0.3 is 24.6 Å². The number of urea groups is 1. The number of amides is 3. The zero-order valence-corrected chi connectivity index (χ0v) is 15.1. The van der Waals surface area contributed by atoms with Gasteiger partial charge >= 0.3 is 6.03 Å². The number of carbonyl (C=O) groups is 2. The van der Waals surface area contributed by atoms with Crippen molar-refractivity contribution in [2.24, 2.45) is 5.92 Å². The second-order valence-corrected chi connectivity index (χ2v) is 7.38. The van der Waals surface area contributed by atoms with Gasteiger partial charge in [-0.1, -0.05) is 6.92 Å². The number of nitrogens with one attached hydrogen (secondary N) is 1. The number of fused-ring (bicyclic) bond motifs is 1. The van der Waals surface area contributed by atoms with E-state index in [9.17, 15) is 9.59 Å². The summed E-state index contributed by atoms with van der Waals surface area (Å²) in [6.07, 6.45) is 2.54. The Morgan fingerprint density at radius 3 is 2.81 bits per heavy atom. The standard InChI is InChI=1S/C19H25N3O4/c1-13-3-2-6-21(11-13)19(24)20-14-9-18(23)22(12-14)15-4-5-16-17(10-15)26-8-7-25-16/h4-5,10,13-14H,2-3,6-9,11-12H2,1H3,(H,20,24)/t13-,14-/m0/s1. The van der Waals surface area contributed by atoms with Crippen LogP contribution in [0.3, 0.4) is 0 Å². The van der Waals surface area contributed by atoms with Gasteiger partial charge in [-0.05, 0) is 30.9 Å². The zero-order valence-electron chi connectivity index (χ0n) is 15.1. The Morgan fingerprint density at radius 1 is 1.19 bits per heavy atom. The normalized spacial score (nSPS) is 25.3. The number of hydrogen-bond acceptors (Lipinski definition) is 4. The quantitative estimate of drug-likeness (QED) is 0.877. The SMILES string of the molecule is C[C@H]1CCCN(C(=O)N[C@H]2CC(=O)N(c3ccc4c(c3)OCCO4)C2)C1. The van der Waals surface area contributed by atoms with Crippen LogP contribution in [0.5, 0.6) is 11.5 Å². The molecule has 1 N–H and O–H groups in total. The topological polar surface area (TPSA) is 71.1 Å². The molecule has 0 unspecified atom stereocenters. The fraction of sp³-hybridized carbons (Fsp3) is 0.579. The van der Waals surface area contributed by atoms with Crippen molar-refractivity contribution >= 4 is 17.6 Å². The number of anilines is 1. The van der Waals surface area contributed by atoms with Crippen LogP contribution >= 0.6 is 0 Å². The Hall–Kier alpha value is -2.44. The summed E-state index contributed by atoms with van der Waals surface area (Å²) in [6.45, 7) is 5.28. The second kappa shape index (κ2) is 7.05. The van der Waals surface area contributed by atoms with Crippen molar-refractivity contribution in [2.45, 2.75) is 32.2 Å². The van der Waals surface area contributed by atoms with Gasteiger partial charge in [0.15, 0.2) is 11.5 Å². The Labute approximate surface area is 153 Å². The molecular weight excluding hydrogens is 334 g/mol. The molecule has 1 aromatic carbocycles. The second-order valence-electron chi connectivity index (χ2n) is 7.38. The summed E-state index contributed by atoms with van der Waals surface area (Å²) in [4.78, 5) is 28.5. The van der Waals surface area contributed by atoms with E-state index >= 15 is 0 Å². The smallest absolute Gasteiger partial charge is 0.317 e. The average Bonchev–Trinajstić information content (AvgIpc) is 3.01. The maximum absolute atomic E-state index is 12.5. The molecule has 3 amide bonds. The van der Waals surface area contributed by atoms with Crippen molar-refractivity contribution in [1.29, 1.82) is 0 Å². The van der Waals surface area contributed by atoms with Crippen LogP contribution in [-0.2, 0) is 4.79 Å². The fourth-order valence-corrected chi connectivity index (χ4v) is 3.89. The zero-order chi connectivity index (χ0) is 18.1. The Bertz CT molecular complexity index is 708. The van der Waals surface area contributed by atoms with Crippen molar-refractivity contribution in [2.75, 3.05) is 37.7 Å². The molecule has 26 heavy (non-hydrogen) atoms. The highest BCUT2D eigenvalue weighted by atomic mass is 16.6. The highest BCUT2D eigenvalue weighted by molar-refractivity contribution is 5.97. The van der Waals surface area contributed by atoms with Crippen LogP contribution in [0, 0.1) is 5.92 Å². The predicted molar refractivity (Wildman–Crippen MR) is 96.7 cm³/mol. The molecule has 4 rings (SSSR count). The van der Waals surface area contributed by atoms with E-state index in [-0.39, 0.29) is 18.0 Å². The largest absolute Gasteiger partial charge is 0.486 e. The predicted octanol–water partition coefficient (Wildman–Crippen LogP) is 2.00. The maximum atomic E-state index is 12.5. The molecule has 2 fully saturated rings. The van der Waals surface area contributed by atoms with Crippen molar-refractivity contribution in [3.05, 3.63) is 18.2 Å². The highest BCUT2D eigenvalue weighted by Crippen LogP contribution is 2.35. The van der Waals surface area contributed by atoms with Crippen LogP contribution in [0.1, 0.15) is 26.2 Å². The van der Waals surface area contributed by atoms with Gasteiger partial charge in [0.2, 0.25) is 5.91 Å². The summed E-state index contributed by atoms with van der Waals surface area (Å²) in [6, 6.07) is 5.31. The molecule has 0 radical (unpaired) electrons. The number of nitrogens with zero attached hydrogens (tertiary/aromatic N) is 2. The molecule has 3 aliphatic rings. The number of carbonyl (C=O) groups excluding carboxylic acids is 2. The minimum Gasteiger partial charge on any atom is -0.486 e. The van der Waals surface area contributed by atoms with Gasteiger partial charge in [-0.25, -0.2) is 4.79 Å². The molecule has 2 saturated heterocycles. The van der Waals surface area contributed by atoms with E-state index in [2.05, 4.69) is 12.2 Å². The van der Waals surface area contributed by atoms with E-state index in [1.807, 2.05) is 23.1 Å². The van der Waals surface area contributed by atoms with Crippen molar-refractivity contribution < 1.29 is 19.1 Å².